The number of guanidine groups is 1. The fourth-order valence-electron chi connectivity index (χ4n) is 2.26. The fourth-order valence-corrected chi connectivity index (χ4v) is 2.26. The van der Waals surface area contributed by atoms with Gasteiger partial charge >= 0.3 is 0 Å². The predicted octanol–water partition coefficient (Wildman–Crippen LogP) is 3.06. The van der Waals surface area contributed by atoms with Gasteiger partial charge in [-0.2, -0.15) is 4.98 Å². The average molecular weight is 343 g/mol. The molecule has 1 aromatic carbocycles. The predicted molar refractivity (Wildman–Crippen MR) is 101 cm³/mol. The lowest BCUT2D eigenvalue weighted by Crippen LogP contribution is -2.37. The van der Waals surface area contributed by atoms with Gasteiger partial charge < -0.3 is 15.2 Å². The molecule has 0 amide bonds. The van der Waals surface area contributed by atoms with Crippen molar-refractivity contribution in [3.63, 3.8) is 0 Å². The molecule has 1 aromatic heterocycles. The fraction of sp³-hybridized carbons (Fsp3) is 0.526. The van der Waals surface area contributed by atoms with Crippen LogP contribution in [0.3, 0.4) is 0 Å². The molecule has 0 aliphatic rings. The lowest BCUT2D eigenvalue weighted by atomic mass is 9.97. The quantitative estimate of drug-likeness (QED) is 0.459. The number of nitrogens with zero attached hydrogens (tertiary/aromatic N) is 3. The average Bonchev–Trinajstić information content (AvgIpc) is 3.07. The second-order valence-corrected chi connectivity index (χ2v) is 6.98. The molecule has 0 saturated heterocycles. The maximum absolute atomic E-state index is 5.30. The third kappa shape index (κ3) is 6.57. The maximum Gasteiger partial charge on any atom is 0.232 e. The first-order valence-corrected chi connectivity index (χ1v) is 8.88. The molecule has 0 bridgehead atoms. The van der Waals surface area contributed by atoms with Crippen LogP contribution < -0.4 is 10.6 Å². The minimum absolute atomic E-state index is 0.144. The van der Waals surface area contributed by atoms with Gasteiger partial charge in [0.15, 0.2) is 11.8 Å². The number of aromatic nitrogens is 2. The van der Waals surface area contributed by atoms with Crippen LogP contribution in [0.1, 0.15) is 51.4 Å². The minimum Gasteiger partial charge on any atom is -0.357 e. The van der Waals surface area contributed by atoms with Gasteiger partial charge in [-0.1, -0.05) is 56.3 Å². The molecule has 0 aliphatic heterocycles. The molecule has 136 valence electrons. The lowest BCUT2D eigenvalue weighted by Gasteiger charge is -2.11. The topological polar surface area (TPSA) is 75.3 Å². The SMILES string of the molecule is CCNC(=NCc1noc(C(C)(C)C)n1)NCCCc1ccccc1. The Morgan fingerprint density at radius 2 is 1.92 bits per heavy atom. The van der Waals surface area contributed by atoms with Gasteiger partial charge in [-0.05, 0) is 25.3 Å². The zero-order valence-electron chi connectivity index (χ0n) is 15.7. The standard InChI is InChI=1S/C19H29N5O/c1-5-20-18(21-13-9-12-15-10-7-6-8-11-15)22-14-16-23-17(25-24-16)19(2,3)4/h6-8,10-11H,5,9,12-14H2,1-4H3,(H2,20,21,22). The van der Waals surface area contributed by atoms with Crippen molar-refractivity contribution < 1.29 is 4.52 Å². The molecule has 0 unspecified atom stereocenters. The van der Waals surface area contributed by atoms with E-state index in [2.05, 4.69) is 50.0 Å². The van der Waals surface area contributed by atoms with Crippen LogP contribution in [0, 0.1) is 0 Å². The van der Waals surface area contributed by atoms with E-state index in [4.69, 9.17) is 4.52 Å². The van der Waals surface area contributed by atoms with Crippen LogP contribution >= 0.6 is 0 Å². The molecular weight excluding hydrogens is 314 g/mol. The van der Waals surface area contributed by atoms with Crippen molar-refractivity contribution in [3.05, 3.63) is 47.6 Å². The lowest BCUT2D eigenvalue weighted by molar-refractivity contribution is 0.318. The Bertz CT molecular complexity index is 658. The number of hydrogen-bond donors (Lipinski definition) is 2. The highest BCUT2D eigenvalue weighted by molar-refractivity contribution is 5.79. The van der Waals surface area contributed by atoms with Crippen LogP contribution in [0.25, 0.3) is 0 Å². The van der Waals surface area contributed by atoms with Crippen molar-refractivity contribution in [2.45, 2.75) is 52.5 Å². The summed E-state index contributed by atoms with van der Waals surface area (Å²) in [6.07, 6.45) is 2.10. The van der Waals surface area contributed by atoms with Gasteiger partial charge in [0.2, 0.25) is 5.89 Å². The van der Waals surface area contributed by atoms with E-state index in [1.54, 1.807) is 0 Å². The zero-order valence-corrected chi connectivity index (χ0v) is 15.7. The maximum atomic E-state index is 5.30. The molecule has 0 radical (unpaired) electrons. The smallest absolute Gasteiger partial charge is 0.232 e. The minimum atomic E-state index is -0.144. The summed E-state index contributed by atoms with van der Waals surface area (Å²) in [7, 11) is 0. The normalized spacial score (nSPS) is 12.2. The molecule has 2 N–H and O–H groups in total. The molecule has 0 aliphatic carbocycles. The van der Waals surface area contributed by atoms with Crippen LogP contribution in [-0.2, 0) is 18.4 Å². The van der Waals surface area contributed by atoms with Crippen molar-refractivity contribution in [2.75, 3.05) is 13.1 Å². The van der Waals surface area contributed by atoms with E-state index in [0.717, 1.165) is 31.9 Å². The molecule has 0 atom stereocenters. The zero-order chi connectivity index (χ0) is 18.1. The molecule has 6 heteroatoms. The van der Waals surface area contributed by atoms with Crippen molar-refractivity contribution in [2.24, 2.45) is 4.99 Å². The molecular formula is C19H29N5O. The molecule has 0 fully saturated rings. The molecule has 2 rings (SSSR count). The van der Waals surface area contributed by atoms with Gasteiger partial charge in [-0.15, -0.1) is 0 Å². The Hall–Kier alpha value is -2.37. The van der Waals surface area contributed by atoms with Crippen molar-refractivity contribution in [3.8, 4) is 0 Å². The van der Waals surface area contributed by atoms with Gasteiger partial charge in [0, 0.05) is 18.5 Å². The highest BCUT2D eigenvalue weighted by atomic mass is 16.5. The van der Waals surface area contributed by atoms with Crippen LogP contribution in [0.4, 0.5) is 0 Å². The van der Waals surface area contributed by atoms with E-state index in [-0.39, 0.29) is 5.41 Å². The summed E-state index contributed by atoms with van der Waals surface area (Å²) in [4.78, 5) is 8.94. The second kappa shape index (κ2) is 9.20. The molecule has 1 heterocycles. The molecule has 2 aromatic rings. The molecule has 25 heavy (non-hydrogen) atoms. The van der Waals surface area contributed by atoms with E-state index in [1.807, 2.05) is 33.8 Å². The van der Waals surface area contributed by atoms with Gasteiger partial charge in [-0.25, -0.2) is 4.99 Å². The number of rotatable bonds is 7. The first-order valence-electron chi connectivity index (χ1n) is 8.88. The monoisotopic (exact) mass is 343 g/mol. The summed E-state index contributed by atoms with van der Waals surface area (Å²) < 4.78 is 5.30. The number of nitrogens with one attached hydrogen (secondary N) is 2. The summed E-state index contributed by atoms with van der Waals surface area (Å²) in [5.41, 5.74) is 1.21. The van der Waals surface area contributed by atoms with E-state index in [1.165, 1.54) is 5.56 Å². The van der Waals surface area contributed by atoms with Crippen LogP contribution in [-0.4, -0.2) is 29.2 Å². The highest BCUT2D eigenvalue weighted by Crippen LogP contribution is 2.19. The summed E-state index contributed by atoms with van der Waals surface area (Å²) in [6.45, 7) is 10.3. The number of benzene rings is 1. The van der Waals surface area contributed by atoms with Crippen LogP contribution in [0.5, 0.6) is 0 Å². The molecule has 0 saturated carbocycles. The Morgan fingerprint density at radius 3 is 2.56 bits per heavy atom. The largest absolute Gasteiger partial charge is 0.357 e. The van der Waals surface area contributed by atoms with Crippen molar-refractivity contribution in [1.82, 2.24) is 20.8 Å². The van der Waals surface area contributed by atoms with Gasteiger partial charge in [0.05, 0.1) is 0 Å². The third-order valence-corrected chi connectivity index (χ3v) is 3.61. The van der Waals surface area contributed by atoms with E-state index in [0.29, 0.717) is 18.3 Å². The Morgan fingerprint density at radius 1 is 1.16 bits per heavy atom. The van der Waals surface area contributed by atoms with E-state index >= 15 is 0 Å². The number of hydrogen-bond acceptors (Lipinski definition) is 4. The molecule has 6 nitrogen and oxygen atoms in total. The van der Waals surface area contributed by atoms with Crippen LogP contribution in [0.15, 0.2) is 39.8 Å². The Kier molecular flexibility index (Phi) is 6.98. The summed E-state index contributed by atoms with van der Waals surface area (Å²) >= 11 is 0. The van der Waals surface area contributed by atoms with Crippen molar-refractivity contribution >= 4 is 5.96 Å². The highest BCUT2D eigenvalue weighted by Gasteiger charge is 2.21. The Labute approximate surface area is 150 Å². The van der Waals surface area contributed by atoms with E-state index in [9.17, 15) is 0 Å². The van der Waals surface area contributed by atoms with Gasteiger partial charge in [0.1, 0.15) is 6.54 Å². The Balaban J connectivity index is 1.82. The molecule has 0 spiro atoms. The van der Waals surface area contributed by atoms with E-state index < -0.39 is 0 Å². The van der Waals surface area contributed by atoms with Crippen molar-refractivity contribution in [1.29, 1.82) is 0 Å². The summed E-state index contributed by atoms with van der Waals surface area (Å²) in [5.74, 6) is 2.02. The van der Waals surface area contributed by atoms with Gasteiger partial charge in [0.25, 0.3) is 0 Å². The van der Waals surface area contributed by atoms with Gasteiger partial charge in [-0.3, -0.25) is 0 Å². The first-order chi connectivity index (χ1) is 12.0. The summed E-state index contributed by atoms with van der Waals surface area (Å²) in [6, 6.07) is 10.5. The first kappa shape index (κ1) is 19.0. The summed E-state index contributed by atoms with van der Waals surface area (Å²) in [5, 5.41) is 10.6. The van der Waals surface area contributed by atoms with Crippen LogP contribution in [0.2, 0.25) is 0 Å². The number of aliphatic imine (C=N–C) groups is 1. The second-order valence-electron chi connectivity index (χ2n) is 6.98. The third-order valence-electron chi connectivity index (χ3n) is 3.61. The number of aryl methyl sites for hydroxylation is 1.